The van der Waals surface area contributed by atoms with Gasteiger partial charge in [0.2, 0.25) is 0 Å². The van der Waals surface area contributed by atoms with Crippen LogP contribution in [0, 0.1) is 0 Å². The number of carbonyl (C=O) groups is 1. The first-order valence-electron chi connectivity index (χ1n) is 6.14. The van der Waals surface area contributed by atoms with Gasteiger partial charge in [0.25, 0.3) is 0 Å². The number of rotatable bonds is 4. The molecule has 0 heterocycles. The van der Waals surface area contributed by atoms with Crippen LogP contribution in [0.1, 0.15) is 37.7 Å². The second-order valence-corrected chi connectivity index (χ2v) is 4.39. The molecule has 0 bridgehead atoms. The van der Waals surface area contributed by atoms with Crippen molar-refractivity contribution in [1.82, 2.24) is 0 Å². The Morgan fingerprint density at radius 1 is 1.18 bits per heavy atom. The van der Waals surface area contributed by atoms with Gasteiger partial charge >= 0.3 is 0 Å². The average molecular weight is 230 g/mol. The van der Waals surface area contributed by atoms with Crippen LogP contribution in [0.4, 0.5) is 0 Å². The molecule has 0 unspecified atom stereocenters. The molecule has 17 heavy (non-hydrogen) atoms. The Kier molecular flexibility index (Phi) is 3.97. The summed E-state index contributed by atoms with van der Waals surface area (Å²) in [7, 11) is 1.67. The summed E-state index contributed by atoms with van der Waals surface area (Å²) in [6.45, 7) is 0. The van der Waals surface area contributed by atoms with Crippen molar-refractivity contribution >= 4 is 11.9 Å². The van der Waals surface area contributed by atoms with Crippen molar-refractivity contribution < 1.29 is 9.53 Å². The quantitative estimate of drug-likeness (QED) is 0.738. The van der Waals surface area contributed by atoms with Gasteiger partial charge in [-0.3, -0.25) is 0 Å². The number of hydrogen-bond donors (Lipinski definition) is 0. The summed E-state index contributed by atoms with van der Waals surface area (Å²) < 4.78 is 5.16. The van der Waals surface area contributed by atoms with Crippen LogP contribution >= 0.6 is 0 Å². The molecule has 0 fully saturated rings. The summed E-state index contributed by atoms with van der Waals surface area (Å²) in [6, 6.07) is 8.14. The lowest BCUT2D eigenvalue weighted by atomic mass is 9.86. The summed E-state index contributed by atoms with van der Waals surface area (Å²) in [6.07, 6.45) is 6.20. The van der Waals surface area contributed by atoms with E-state index in [1.165, 1.54) is 29.6 Å². The van der Waals surface area contributed by atoms with Crippen molar-refractivity contribution in [2.45, 2.75) is 32.1 Å². The normalized spacial score (nSPS) is 15.8. The topological polar surface area (TPSA) is 26.3 Å². The van der Waals surface area contributed by atoms with E-state index in [0.29, 0.717) is 6.42 Å². The minimum Gasteiger partial charge on any atom is -0.497 e. The highest BCUT2D eigenvalue weighted by Crippen LogP contribution is 2.34. The lowest BCUT2D eigenvalue weighted by Gasteiger charge is -2.19. The van der Waals surface area contributed by atoms with Gasteiger partial charge in [0, 0.05) is 6.42 Å². The largest absolute Gasteiger partial charge is 0.497 e. The van der Waals surface area contributed by atoms with E-state index in [4.69, 9.17) is 4.74 Å². The van der Waals surface area contributed by atoms with Crippen LogP contribution < -0.4 is 4.74 Å². The lowest BCUT2D eigenvalue weighted by Crippen LogP contribution is -2.00. The van der Waals surface area contributed by atoms with E-state index in [9.17, 15) is 4.79 Å². The molecule has 0 saturated heterocycles. The van der Waals surface area contributed by atoms with Crippen LogP contribution in [0.2, 0.25) is 0 Å². The molecule has 0 atom stereocenters. The molecule has 0 radical (unpaired) electrons. The van der Waals surface area contributed by atoms with E-state index in [0.717, 1.165) is 24.9 Å². The highest BCUT2D eigenvalue weighted by Gasteiger charge is 2.13. The van der Waals surface area contributed by atoms with Gasteiger partial charge < -0.3 is 9.53 Å². The molecule has 0 spiro atoms. The molecular formula is C15H18O2. The second-order valence-electron chi connectivity index (χ2n) is 4.39. The van der Waals surface area contributed by atoms with Crippen molar-refractivity contribution in [3.05, 3.63) is 35.4 Å². The van der Waals surface area contributed by atoms with Crippen LogP contribution in [-0.2, 0) is 4.79 Å². The van der Waals surface area contributed by atoms with E-state index in [1.54, 1.807) is 7.11 Å². The fourth-order valence-corrected chi connectivity index (χ4v) is 2.43. The molecule has 1 aliphatic rings. The maximum atomic E-state index is 10.7. The van der Waals surface area contributed by atoms with Crippen molar-refractivity contribution in [1.29, 1.82) is 0 Å². The Balaban J connectivity index is 2.30. The summed E-state index contributed by atoms with van der Waals surface area (Å²) in [5.74, 6) is 0.877. The Morgan fingerprint density at radius 3 is 2.53 bits per heavy atom. The van der Waals surface area contributed by atoms with E-state index < -0.39 is 0 Å². The number of hydrogen-bond acceptors (Lipinski definition) is 2. The van der Waals surface area contributed by atoms with Crippen LogP contribution in [0.25, 0.3) is 5.57 Å². The van der Waals surface area contributed by atoms with Gasteiger partial charge in [0.05, 0.1) is 7.11 Å². The SMILES string of the molecule is COc1ccc(C2=C(CC=O)CCCC2)cc1. The predicted octanol–water partition coefficient (Wildman–Crippen LogP) is 3.61. The number of ether oxygens (including phenoxy) is 1. The van der Waals surface area contributed by atoms with Gasteiger partial charge in [-0.2, -0.15) is 0 Å². The van der Waals surface area contributed by atoms with Gasteiger partial charge in [0.1, 0.15) is 12.0 Å². The smallest absolute Gasteiger partial charge is 0.124 e. The molecule has 0 N–H and O–H groups in total. The first kappa shape index (κ1) is 11.9. The molecule has 2 nitrogen and oxygen atoms in total. The van der Waals surface area contributed by atoms with E-state index in [-0.39, 0.29) is 0 Å². The first-order chi connectivity index (χ1) is 8.35. The van der Waals surface area contributed by atoms with Crippen molar-refractivity contribution in [3.63, 3.8) is 0 Å². The summed E-state index contributed by atoms with van der Waals surface area (Å²) in [4.78, 5) is 10.7. The van der Waals surface area contributed by atoms with Crippen molar-refractivity contribution in [3.8, 4) is 5.75 Å². The third-order valence-electron chi connectivity index (χ3n) is 3.35. The number of allylic oxidation sites excluding steroid dienone is 2. The summed E-state index contributed by atoms with van der Waals surface area (Å²) >= 11 is 0. The van der Waals surface area contributed by atoms with E-state index in [1.807, 2.05) is 12.1 Å². The Hall–Kier alpha value is -1.57. The van der Waals surface area contributed by atoms with Crippen LogP contribution in [0.3, 0.4) is 0 Å². The van der Waals surface area contributed by atoms with Gasteiger partial charge in [-0.25, -0.2) is 0 Å². The molecule has 1 aliphatic carbocycles. The van der Waals surface area contributed by atoms with Crippen molar-refractivity contribution in [2.24, 2.45) is 0 Å². The van der Waals surface area contributed by atoms with Crippen LogP contribution in [0.5, 0.6) is 5.75 Å². The van der Waals surface area contributed by atoms with Crippen LogP contribution in [-0.4, -0.2) is 13.4 Å². The molecule has 1 aromatic carbocycles. The van der Waals surface area contributed by atoms with E-state index >= 15 is 0 Å². The molecular weight excluding hydrogens is 212 g/mol. The zero-order valence-corrected chi connectivity index (χ0v) is 10.2. The summed E-state index contributed by atoms with van der Waals surface area (Å²) in [5.41, 5.74) is 3.92. The standard InChI is InChI=1S/C15H18O2/c1-17-14-8-6-13(7-9-14)15-5-3-2-4-12(15)10-11-16/h6-9,11H,2-5,10H2,1H3. The first-order valence-corrected chi connectivity index (χ1v) is 6.14. The minimum atomic E-state index is 0.585. The molecule has 2 heteroatoms. The molecule has 0 saturated carbocycles. The van der Waals surface area contributed by atoms with Gasteiger partial charge in [0.15, 0.2) is 0 Å². The molecule has 0 aliphatic heterocycles. The fraction of sp³-hybridized carbons (Fsp3) is 0.400. The van der Waals surface area contributed by atoms with E-state index in [2.05, 4.69) is 12.1 Å². The molecule has 90 valence electrons. The zero-order valence-electron chi connectivity index (χ0n) is 10.2. The second kappa shape index (κ2) is 5.67. The highest BCUT2D eigenvalue weighted by molar-refractivity contribution is 5.73. The zero-order chi connectivity index (χ0) is 12.1. The fourth-order valence-electron chi connectivity index (χ4n) is 2.43. The number of aldehydes is 1. The number of methoxy groups -OCH3 is 1. The third kappa shape index (κ3) is 2.76. The molecule has 2 rings (SSSR count). The maximum Gasteiger partial charge on any atom is 0.124 e. The molecule has 1 aromatic rings. The monoisotopic (exact) mass is 230 g/mol. The summed E-state index contributed by atoms with van der Waals surface area (Å²) in [5, 5.41) is 0. The molecule has 0 aromatic heterocycles. The van der Waals surface area contributed by atoms with Crippen LogP contribution in [0.15, 0.2) is 29.8 Å². The minimum absolute atomic E-state index is 0.585. The van der Waals surface area contributed by atoms with Crippen molar-refractivity contribution in [2.75, 3.05) is 7.11 Å². The van der Waals surface area contributed by atoms with Gasteiger partial charge in [-0.15, -0.1) is 0 Å². The number of benzene rings is 1. The average Bonchev–Trinajstić information content (AvgIpc) is 2.40. The Labute approximate surface area is 102 Å². The lowest BCUT2D eigenvalue weighted by molar-refractivity contribution is -0.107. The Morgan fingerprint density at radius 2 is 1.88 bits per heavy atom. The predicted molar refractivity (Wildman–Crippen MR) is 69.1 cm³/mol. The van der Waals surface area contributed by atoms with Gasteiger partial charge in [-0.05, 0) is 49.0 Å². The Bertz CT molecular complexity index is 415. The highest BCUT2D eigenvalue weighted by atomic mass is 16.5. The number of carbonyl (C=O) groups excluding carboxylic acids is 1. The maximum absolute atomic E-state index is 10.7. The third-order valence-corrected chi connectivity index (χ3v) is 3.35. The molecule has 0 amide bonds. The van der Waals surface area contributed by atoms with Gasteiger partial charge in [-0.1, -0.05) is 17.7 Å².